The molecule has 0 fully saturated rings. The fourth-order valence-corrected chi connectivity index (χ4v) is 2.64. The number of nitrogens with zero attached hydrogens (tertiary/aromatic N) is 1. The van der Waals surface area contributed by atoms with Gasteiger partial charge in [0.2, 0.25) is 0 Å². The molecule has 1 aromatic carbocycles. The van der Waals surface area contributed by atoms with Crippen molar-refractivity contribution in [1.29, 1.82) is 0 Å². The topological polar surface area (TPSA) is 101 Å². The van der Waals surface area contributed by atoms with E-state index in [1.807, 2.05) is 35.8 Å². The maximum Gasteiger partial charge on any atom is 0.281 e. The van der Waals surface area contributed by atoms with Crippen LogP contribution >= 0.6 is 0 Å². The molecule has 2 rings (SSSR count). The Balaban J connectivity index is 2.62. The molecule has 0 bridgehead atoms. The van der Waals surface area contributed by atoms with Gasteiger partial charge < -0.3 is 21.3 Å². The smallest absolute Gasteiger partial charge is 0.281 e. The Morgan fingerprint density at radius 2 is 2.00 bits per heavy atom. The second-order valence-corrected chi connectivity index (χ2v) is 6.23. The van der Waals surface area contributed by atoms with E-state index in [4.69, 9.17) is 16.2 Å². The molecule has 1 aromatic heterocycles. The third-order valence-electron chi connectivity index (χ3n) is 3.58. The molecule has 6 N–H and O–H groups in total. The van der Waals surface area contributed by atoms with E-state index in [0.717, 1.165) is 22.8 Å². The Kier molecular flexibility index (Phi) is 5.41. The van der Waals surface area contributed by atoms with Crippen LogP contribution in [-0.2, 0) is 24.4 Å². The van der Waals surface area contributed by atoms with Crippen LogP contribution in [0.5, 0.6) is 0 Å². The highest BCUT2D eigenvalue weighted by molar-refractivity contribution is 5.73. The first-order valence-corrected chi connectivity index (χ1v) is 7.86. The first-order valence-electron chi connectivity index (χ1n) is 7.86. The zero-order valence-electron chi connectivity index (χ0n) is 14.1. The first-order chi connectivity index (χ1) is 10.9. The van der Waals surface area contributed by atoms with Crippen molar-refractivity contribution in [2.45, 2.75) is 46.1 Å². The molecule has 126 valence electrons. The number of benzene rings is 1. The molecule has 0 saturated heterocycles. The van der Waals surface area contributed by atoms with Crippen molar-refractivity contribution in [2.75, 3.05) is 12.3 Å². The average molecular weight is 319 g/mol. The third-order valence-corrected chi connectivity index (χ3v) is 3.58. The van der Waals surface area contributed by atoms with Crippen molar-refractivity contribution in [3.63, 3.8) is 0 Å². The molecule has 0 aliphatic rings. The largest absolute Gasteiger partial charge is 0.398 e. The summed E-state index contributed by atoms with van der Waals surface area (Å²) in [5.41, 5.74) is 14.6. The van der Waals surface area contributed by atoms with E-state index in [1.165, 1.54) is 0 Å². The number of imidazole rings is 1. The predicted molar refractivity (Wildman–Crippen MR) is 90.4 cm³/mol. The normalized spacial score (nSPS) is 11.9. The lowest BCUT2D eigenvalue weighted by Gasteiger charge is -2.17. The van der Waals surface area contributed by atoms with E-state index in [0.29, 0.717) is 32.0 Å². The van der Waals surface area contributed by atoms with Gasteiger partial charge in [-0.25, -0.2) is 9.55 Å². The van der Waals surface area contributed by atoms with Crippen LogP contribution in [0.2, 0.25) is 0 Å². The van der Waals surface area contributed by atoms with Crippen LogP contribution in [0.15, 0.2) is 24.3 Å². The van der Waals surface area contributed by atoms with Crippen molar-refractivity contribution in [1.82, 2.24) is 4.98 Å². The number of rotatable bonds is 7. The molecule has 0 spiro atoms. The number of nitrogens with one attached hydrogen (secondary N) is 1. The molecule has 2 aromatic rings. The summed E-state index contributed by atoms with van der Waals surface area (Å²) in [7, 11) is 0. The minimum absolute atomic E-state index is 0.349. The number of nitrogens with two attached hydrogens (primary N) is 2. The predicted octanol–water partition coefficient (Wildman–Crippen LogP) is 1.32. The molecule has 6 heteroatoms. The fraction of sp³-hybridized carbons (Fsp3) is 0.471. The number of H-pyrrole nitrogens is 1. The molecule has 6 nitrogen and oxygen atoms in total. The number of para-hydroxylation sites is 1. The van der Waals surface area contributed by atoms with Crippen LogP contribution in [0, 0.1) is 0 Å². The van der Waals surface area contributed by atoms with Crippen LogP contribution in [-0.4, -0.2) is 22.3 Å². The summed E-state index contributed by atoms with van der Waals surface area (Å²) in [6.45, 7) is 7.30. The second-order valence-electron chi connectivity index (χ2n) is 6.23. The van der Waals surface area contributed by atoms with Gasteiger partial charge in [0.05, 0.1) is 12.1 Å². The average Bonchev–Trinajstić information content (AvgIpc) is 2.81. The number of anilines is 1. The number of hydrogen-bond donors (Lipinski definition) is 4. The lowest BCUT2D eigenvalue weighted by Crippen LogP contribution is -2.48. The number of nitrogen functional groups attached to an aromatic ring is 1. The summed E-state index contributed by atoms with van der Waals surface area (Å²) in [5.74, 6) is 0.868. The highest BCUT2D eigenvalue weighted by atomic mass is 16.5. The van der Waals surface area contributed by atoms with Crippen LogP contribution in [0.3, 0.4) is 0 Å². The van der Waals surface area contributed by atoms with E-state index in [1.54, 1.807) is 13.8 Å². The lowest BCUT2D eigenvalue weighted by atomic mass is 10.1. The molecule has 0 saturated carbocycles. The molecule has 0 amide bonds. The van der Waals surface area contributed by atoms with Crippen LogP contribution in [0.4, 0.5) is 5.69 Å². The highest BCUT2D eigenvalue weighted by Crippen LogP contribution is 2.26. The Morgan fingerprint density at radius 1 is 1.30 bits per heavy atom. The van der Waals surface area contributed by atoms with Gasteiger partial charge in [-0.15, -0.1) is 0 Å². The summed E-state index contributed by atoms with van der Waals surface area (Å²) in [5, 5.41) is 10.3. The van der Waals surface area contributed by atoms with Crippen LogP contribution in [0.1, 0.15) is 32.3 Å². The number of ether oxygens (including phenoxy) is 1. The van der Waals surface area contributed by atoms with E-state index in [2.05, 4.69) is 4.98 Å². The SMILES string of the molecule is CCOCc1[nH]c(CN)c(-c2ccccc2N)[n+]1CC(C)(C)O. The zero-order valence-corrected chi connectivity index (χ0v) is 14.1. The van der Waals surface area contributed by atoms with Gasteiger partial charge in [0.15, 0.2) is 11.4 Å². The first kappa shape index (κ1) is 17.5. The zero-order chi connectivity index (χ0) is 17.0. The van der Waals surface area contributed by atoms with E-state index < -0.39 is 5.60 Å². The van der Waals surface area contributed by atoms with Gasteiger partial charge in [0.25, 0.3) is 5.82 Å². The van der Waals surface area contributed by atoms with Gasteiger partial charge in [0, 0.05) is 17.9 Å². The van der Waals surface area contributed by atoms with Crippen molar-refractivity contribution < 1.29 is 14.4 Å². The molecular weight excluding hydrogens is 292 g/mol. The Labute approximate surface area is 137 Å². The van der Waals surface area contributed by atoms with Gasteiger partial charge in [-0.05, 0) is 32.9 Å². The Hall–Kier alpha value is -1.89. The van der Waals surface area contributed by atoms with E-state index in [-0.39, 0.29) is 0 Å². The maximum absolute atomic E-state index is 10.3. The Morgan fingerprint density at radius 3 is 2.57 bits per heavy atom. The highest BCUT2D eigenvalue weighted by Gasteiger charge is 2.30. The summed E-state index contributed by atoms with van der Waals surface area (Å²) >= 11 is 0. The Bertz CT molecular complexity index is 659. The third kappa shape index (κ3) is 4.10. The lowest BCUT2D eigenvalue weighted by molar-refractivity contribution is -0.706. The van der Waals surface area contributed by atoms with Gasteiger partial charge in [-0.3, -0.25) is 0 Å². The molecular formula is C17H27N4O2+. The summed E-state index contributed by atoms with van der Waals surface area (Å²) in [6, 6.07) is 7.66. The van der Waals surface area contributed by atoms with Crippen LogP contribution in [0.25, 0.3) is 11.3 Å². The van der Waals surface area contributed by atoms with Gasteiger partial charge in [-0.1, -0.05) is 12.1 Å². The van der Waals surface area contributed by atoms with Crippen molar-refractivity contribution >= 4 is 5.69 Å². The minimum Gasteiger partial charge on any atom is -0.398 e. The number of aromatic nitrogens is 2. The van der Waals surface area contributed by atoms with Crippen molar-refractivity contribution in [3.05, 3.63) is 35.8 Å². The van der Waals surface area contributed by atoms with E-state index in [9.17, 15) is 5.11 Å². The number of aromatic amines is 1. The standard InChI is InChI=1S/C17H26N4O2/c1-4-23-10-15-20-14(9-18)16(21(15)11-17(2,3)22)12-7-5-6-8-13(12)19/h5-8,22H,4,9-11,18-19H2,1-3H3/p+1. The second kappa shape index (κ2) is 7.12. The van der Waals surface area contributed by atoms with E-state index >= 15 is 0 Å². The molecule has 0 atom stereocenters. The summed E-state index contributed by atoms with van der Waals surface area (Å²) < 4.78 is 7.57. The summed E-state index contributed by atoms with van der Waals surface area (Å²) in [4.78, 5) is 3.33. The minimum atomic E-state index is -0.877. The van der Waals surface area contributed by atoms with Crippen LogP contribution < -0.4 is 16.0 Å². The fourth-order valence-electron chi connectivity index (χ4n) is 2.64. The van der Waals surface area contributed by atoms with Crippen molar-refractivity contribution in [2.24, 2.45) is 5.73 Å². The number of aliphatic hydroxyl groups is 1. The molecule has 1 heterocycles. The molecule has 0 aliphatic carbocycles. The monoisotopic (exact) mass is 319 g/mol. The quantitative estimate of drug-likeness (QED) is 0.456. The van der Waals surface area contributed by atoms with Gasteiger partial charge in [0.1, 0.15) is 13.2 Å². The van der Waals surface area contributed by atoms with Gasteiger partial charge >= 0.3 is 0 Å². The molecule has 23 heavy (non-hydrogen) atoms. The molecule has 0 unspecified atom stereocenters. The summed E-state index contributed by atoms with van der Waals surface area (Å²) in [6.07, 6.45) is 0. The van der Waals surface area contributed by atoms with Crippen molar-refractivity contribution in [3.8, 4) is 11.3 Å². The maximum atomic E-state index is 10.3. The van der Waals surface area contributed by atoms with Gasteiger partial charge in [-0.2, -0.15) is 0 Å². The number of hydrogen-bond acceptors (Lipinski definition) is 4. The molecule has 0 aliphatic heterocycles. The molecule has 0 radical (unpaired) electrons.